The summed E-state index contributed by atoms with van der Waals surface area (Å²) in [6.07, 6.45) is 2.38. The number of rotatable bonds is 16. The number of ether oxygens (including phenoxy) is 2. The fourth-order valence-corrected chi connectivity index (χ4v) is 3.68. The number of carbonyl (C=O) groups excluding carboxylic acids is 4. The lowest BCUT2D eigenvalue weighted by atomic mass is 9.86. The number of Topliss-reactive ketones (excluding diaryl/α,β-unsaturated/α-hetero) is 2. The quantitative estimate of drug-likeness (QED) is 0.244. The predicted molar refractivity (Wildman–Crippen MR) is 142 cm³/mol. The number of esters is 2. The summed E-state index contributed by atoms with van der Waals surface area (Å²) in [4.78, 5) is 49.6. The summed E-state index contributed by atoms with van der Waals surface area (Å²) in [6.45, 7) is 7.54. The van der Waals surface area contributed by atoms with Crippen molar-refractivity contribution in [3.05, 3.63) is 71.8 Å². The molecule has 0 saturated carbocycles. The number of benzene rings is 2. The minimum Gasteiger partial charge on any atom is -0.460 e. The first-order valence-corrected chi connectivity index (χ1v) is 13.0. The molecule has 0 aliphatic carbocycles. The van der Waals surface area contributed by atoms with E-state index >= 15 is 0 Å². The molecule has 37 heavy (non-hydrogen) atoms. The van der Waals surface area contributed by atoms with Crippen molar-refractivity contribution in [1.82, 2.24) is 0 Å². The Balaban J connectivity index is 1.62. The largest absolute Gasteiger partial charge is 0.460 e. The third-order valence-electron chi connectivity index (χ3n) is 6.50. The molecule has 0 radical (unpaired) electrons. The second-order valence-corrected chi connectivity index (χ2v) is 10.8. The van der Waals surface area contributed by atoms with Gasteiger partial charge in [0.2, 0.25) is 0 Å². The van der Waals surface area contributed by atoms with Gasteiger partial charge in [-0.15, -0.1) is 0 Å². The molecule has 0 unspecified atom stereocenters. The second kappa shape index (κ2) is 14.5. The Hall–Kier alpha value is -3.28. The maximum atomic E-state index is 12.5. The first kappa shape index (κ1) is 29.9. The molecule has 0 saturated heterocycles. The van der Waals surface area contributed by atoms with Gasteiger partial charge in [-0.3, -0.25) is 19.2 Å². The fraction of sp³-hybridized carbons (Fsp3) is 0.484. The highest BCUT2D eigenvalue weighted by Gasteiger charge is 2.31. The van der Waals surface area contributed by atoms with Gasteiger partial charge in [0.05, 0.1) is 10.8 Å². The second-order valence-electron chi connectivity index (χ2n) is 10.8. The molecule has 0 aliphatic heterocycles. The lowest BCUT2D eigenvalue weighted by Crippen LogP contribution is -2.27. The Morgan fingerprint density at radius 1 is 0.568 bits per heavy atom. The van der Waals surface area contributed by atoms with Crippen molar-refractivity contribution in [3.63, 3.8) is 0 Å². The summed E-state index contributed by atoms with van der Waals surface area (Å²) in [5, 5.41) is 0. The van der Waals surface area contributed by atoms with Gasteiger partial charge in [0, 0.05) is 25.7 Å². The monoisotopic (exact) mass is 508 g/mol. The van der Waals surface area contributed by atoms with E-state index in [1.807, 2.05) is 60.7 Å². The summed E-state index contributed by atoms with van der Waals surface area (Å²) in [5.41, 5.74) is 0.307. The molecule has 6 heteroatoms. The Labute approximate surface area is 220 Å². The average Bonchev–Trinajstić information content (AvgIpc) is 2.89. The van der Waals surface area contributed by atoms with Crippen molar-refractivity contribution >= 4 is 23.5 Å². The van der Waals surface area contributed by atoms with E-state index in [2.05, 4.69) is 0 Å². The van der Waals surface area contributed by atoms with Gasteiger partial charge < -0.3 is 9.47 Å². The number of carbonyl (C=O) groups is 4. The first-order chi connectivity index (χ1) is 17.5. The van der Waals surface area contributed by atoms with E-state index in [0.717, 1.165) is 11.1 Å². The molecule has 2 rings (SSSR count). The zero-order valence-electron chi connectivity index (χ0n) is 22.6. The van der Waals surface area contributed by atoms with Crippen LogP contribution in [0.2, 0.25) is 0 Å². The smallest absolute Gasteiger partial charge is 0.311 e. The minimum absolute atomic E-state index is 0.0292. The van der Waals surface area contributed by atoms with Crippen LogP contribution < -0.4 is 0 Å². The van der Waals surface area contributed by atoms with Gasteiger partial charge in [-0.1, -0.05) is 60.7 Å². The molecule has 0 amide bonds. The van der Waals surface area contributed by atoms with Crippen molar-refractivity contribution in [2.75, 3.05) is 0 Å². The highest BCUT2D eigenvalue weighted by Crippen LogP contribution is 2.27. The van der Waals surface area contributed by atoms with E-state index in [9.17, 15) is 19.2 Å². The van der Waals surface area contributed by atoms with Crippen LogP contribution >= 0.6 is 0 Å². The molecule has 6 nitrogen and oxygen atoms in total. The molecule has 0 aromatic heterocycles. The van der Waals surface area contributed by atoms with Gasteiger partial charge in [0.25, 0.3) is 0 Å². The molecule has 0 fully saturated rings. The van der Waals surface area contributed by atoms with Gasteiger partial charge in [-0.25, -0.2) is 0 Å². The van der Waals surface area contributed by atoms with Crippen LogP contribution in [0.3, 0.4) is 0 Å². The van der Waals surface area contributed by atoms with Gasteiger partial charge in [-0.05, 0) is 58.1 Å². The van der Waals surface area contributed by atoms with E-state index in [1.165, 1.54) is 0 Å². The molecule has 2 aromatic rings. The van der Waals surface area contributed by atoms with Crippen LogP contribution in [-0.4, -0.2) is 23.5 Å². The molecule has 2 aromatic carbocycles. The van der Waals surface area contributed by atoms with Crippen LogP contribution in [-0.2, 0) is 41.9 Å². The Morgan fingerprint density at radius 3 is 1.27 bits per heavy atom. The maximum Gasteiger partial charge on any atom is 0.311 e. The molecular weight excluding hydrogens is 468 g/mol. The van der Waals surface area contributed by atoms with Gasteiger partial charge in [-0.2, -0.15) is 0 Å². The van der Waals surface area contributed by atoms with Crippen LogP contribution in [0.1, 0.15) is 83.8 Å². The van der Waals surface area contributed by atoms with Crippen LogP contribution in [0, 0.1) is 10.8 Å². The summed E-state index contributed by atoms with van der Waals surface area (Å²) >= 11 is 0. The standard InChI is InChI=1S/C31H40O6/c1-30(2,28(34)36-22-24-12-7-5-8-13-24)20-18-26(32)16-11-17-27(33)19-21-31(3,4)29(35)37-23-25-14-9-6-10-15-25/h5-10,12-15H,11,16-23H2,1-4H3. The predicted octanol–water partition coefficient (Wildman–Crippen LogP) is 6.39. The SMILES string of the molecule is CC(C)(CCC(=O)CCCC(=O)CCC(C)(C)C(=O)OCc1ccccc1)C(=O)OCc1ccccc1. The molecule has 0 aliphatic rings. The van der Waals surface area contributed by atoms with Crippen molar-refractivity contribution in [3.8, 4) is 0 Å². The maximum absolute atomic E-state index is 12.5. The highest BCUT2D eigenvalue weighted by atomic mass is 16.5. The molecule has 0 bridgehead atoms. The van der Waals surface area contributed by atoms with Crippen LogP contribution in [0.15, 0.2) is 60.7 Å². The molecule has 0 N–H and O–H groups in total. The highest BCUT2D eigenvalue weighted by molar-refractivity contribution is 5.83. The zero-order chi connectivity index (χ0) is 27.3. The summed E-state index contributed by atoms with van der Waals surface area (Å²) in [7, 11) is 0. The van der Waals surface area contributed by atoms with Gasteiger partial charge >= 0.3 is 11.9 Å². The Bertz CT molecular complexity index is 941. The summed E-state index contributed by atoms with van der Waals surface area (Å²) < 4.78 is 10.8. The van der Waals surface area contributed by atoms with E-state index in [4.69, 9.17) is 9.47 Å². The van der Waals surface area contributed by atoms with Crippen molar-refractivity contribution < 1.29 is 28.7 Å². The molecule has 0 heterocycles. The van der Waals surface area contributed by atoms with E-state index in [0.29, 0.717) is 32.1 Å². The first-order valence-electron chi connectivity index (χ1n) is 13.0. The van der Waals surface area contributed by atoms with Crippen LogP contribution in [0.5, 0.6) is 0 Å². The number of hydrogen-bond donors (Lipinski definition) is 0. The van der Waals surface area contributed by atoms with Gasteiger partial charge in [0.15, 0.2) is 0 Å². The van der Waals surface area contributed by atoms with Crippen molar-refractivity contribution in [2.45, 2.75) is 85.9 Å². The summed E-state index contributed by atoms with van der Waals surface area (Å²) in [6, 6.07) is 18.9. The molecule has 0 atom stereocenters. The molecular formula is C31H40O6. The third kappa shape index (κ3) is 11.1. The molecule has 0 spiro atoms. The number of hydrogen-bond acceptors (Lipinski definition) is 6. The summed E-state index contributed by atoms with van der Waals surface area (Å²) in [5.74, 6) is -0.600. The van der Waals surface area contributed by atoms with E-state index in [1.54, 1.807) is 27.7 Å². The average molecular weight is 509 g/mol. The van der Waals surface area contributed by atoms with Crippen molar-refractivity contribution in [2.24, 2.45) is 10.8 Å². The van der Waals surface area contributed by atoms with Crippen LogP contribution in [0.25, 0.3) is 0 Å². The zero-order valence-corrected chi connectivity index (χ0v) is 22.6. The van der Waals surface area contributed by atoms with E-state index in [-0.39, 0.29) is 49.6 Å². The van der Waals surface area contributed by atoms with E-state index < -0.39 is 10.8 Å². The fourth-order valence-electron chi connectivity index (χ4n) is 3.68. The topological polar surface area (TPSA) is 86.7 Å². The lowest BCUT2D eigenvalue weighted by Gasteiger charge is -2.22. The molecule has 200 valence electrons. The minimum atomic E-state index is -0.763. The van der Waals surface area contributed by atoms with Crippen molar-refractivity contribution in [1.29, 1.82) is 0 Å². The third-order valence-corrected chi connectivity index (χ3v) is 6.50. The Morgan fingerprint density at radius 2 is 0.919 bits per heavy atom. The van der Waals surface area contributed by atoms with Gasteiger partial charge in [0.1, 0.15) is 24.8 Å². The lowest BCUT2D eigenvalue weighted by molar-refractivity contribution is -0.156. The van der Waals surface area contributed by atoms with Crippen LogP contribution in [0.4, 0.5) is 0 Å². The Kier molecular flexibility index (Phi) is 11.7. The normalized spacial score (nSPS) is 11.6. The number of ketones is 2.